The smallest absolute Gasteiger partial charge is 0.255 e. The first-order valence-electron chi connectivity index (χ1n) is 7.83. The lowest BCUT2D eigenvalue weighted by molar-refractivity contribution is 0.0730. The lowest BCUT2D eigenvalue weighted by Gasteiger charge is -2.26. The van der Waals surface area contributed by atoms with Crippen LogP contribution in [0.25, 0.3) is 0 Å². The molecule has 2 aromatic carbocycles. The number of hydrogen-bond donors (Lipinski definition) is 1. The van der Waals surface area contributed by atoms with Gasteiger partial charge < -0.3 is 10.1 Å². The summed E-state index contributed by atoms with van der Waals surface area (Å²) in [7, 11) is -3.68. The summed E-state index contributed by atoms with van der Waals surface area (Å²) in [6, 6.07) is 10.7. The molecule has 1 saturated heterocycles. The van der Waals surface area contributed by atoms with Crippen molar-refractivity contribution in [3.05, 3.63) is 58.1 Å². The number of carbonyl (C=O) groups is 1. The summed E-state index contributed by atoms with van der Waals surface area (Å²) in [6.07, 6.45) is 0. The predicted octanol–water partition coefficient (Wildman–Crippen LogP) is 3.27. The van der Waals surface area contributed by atoms with Gasteiger partial charge in [0.1, 0.15) is 0 Å². The normalized spacial score (nSPS) is 15.6. The van der Waals surface area contributed by atoms with Gasteiger partial charge in [-0.25, -0.2) is 8.42 Å². The number of carbonyl (C=O) groups excluding carboxylic acids is 1. The second kappa shape index (κ2) is 7.94. The van der Waals surface area contributed by atoms with Crippen LogP contribution in [0, 0.1) is 0 Å². The van der Waals surface area contributed by atoms with Crippen LogP contribution in [-0.2, 0) is 14.8 Å². The van der Waals surface area contributed by atoms with Crippen molar-refractivity contribution in [1.29, 1.82) is 0 Å². The Morgan fingerprint density at radius 2 is 1.77 bits per heavy atom. The van der Waals surface area contributed by atoms with Gasteiger partial charge in [-0.2, -0.15) is 4.31 Å². The van der Waals surface area contributed by atoms with Gasteiger partial charge in [0, 0.05) is 18.7 Å². The van der Waals surface area contributed by atoms with Crippen LogP contribution in [0.3, 0.4) is 0 Å². The molecule has 0 saturated carbocycles. The summed E-state index contributed by atoms with van der Waals surface area (Å²) in [5.74, 6) is -0.479. The number of hydrogen-bond acceptors (Lipinski definition) is 4. The molecule has 1 fully saturated rings. The zero-order valence-electron chi connectivity index (χ0n) is 13.6. The summed E-state index contributed by atoms with van der Waals surface area (Å²) in [5, 5.41) is 3.18. The van der Waals surface area contributed by atoms with Crippen molar-refractivity contribution in [3.63, 3.8) is 0 Å². The molecule has 1 aliphatic rings. The number of halogens is 2. The molecule has 6 nitrogen and oxygen atoms in total. The van der Waals surface area contributed by atoms with Crippen molar-refractivity contribution in [2.45, 2.75) is 4.90 Å². The van der Waals surface area contributed by atoms with Gasteiger partial charge in [-0.15, -0.1) is 0 Å². The first kappa shape index (κ1) is 19.1. The molecular weight excluding hydrogens is 399 g/mol. The zero-order valence-corrected chi connectivity index (χ0v) is 15.9. The zero-order chi connectivity index (χ0) is 18.7. The second-order valence-corrected chi connectivity index (χ2v) is 8.32. The molecule has 0 radical (unpaired) electrons. The van der Waals surface area contributed by atoms with Gasteiger partial charge in [0.2, 0.25) is 10.0 Å². The van der Waals surface area contributed by atoms with E-state index >= 15 is 0 Å². The third-order valence-electron chi connectivity index (χ3n) is 3.90. The van der Waals surface area contributed by atoms with Gasteiger partial charge in [-0.05, 0) is 30.3 Å². The van der Waals surface area contributed by atoms with E-state index in [0.29, 0.717) is 23.9 Å². The average molecular weight is 415 g/mol. The van der Waals surface area contributed by atoms with E-state index in [4.69, 9.17) is 27.9 Å². The molecule has 0 aliphatic carbocycles. The van der Waals surface area contributed by atoms with Crippen LogP contribution in [0.2, 0.25) is 10.0 Å². The molecule has 0 aromatic heterocycles. The number of ether oxygens (including phenoxy) is 1. The molecule has 3 rings (SSSR count). The van der Waals surface area contributed by atoms with E-state index in [-0.39, 0.29) is 28.6 Å². The van der Waals surface area contributed by atoms with Crippen LogP contribution in [0.5, 0.6) is 0 Å². The highest BCUT2D eigenvalue weighted by molar-refractivity contribution is 7.89. The molecular formula is C17H16Cl2N2O4S. The first-order valence-corrected chi connectivity index (χ1v) is 10.0. The minimum Gasteiger partial charge on any atom is -0.379 e. The molecule has 1 N–H and O–H groups in total. The van der Waals surface area contributed by atoms with Crippen LogP contribution in [0.1, 0.15) is 10.4 Å². The molecule has 0 unspecified atom stereocenters. The van der Waals surface area contributed by atoms with E-state index in [1.54, 1.807) is 18.2 Å². The van der Waals surface area contributed by atoms with Crippen LogP contribution in [0.15, 0.2) is 47.4 Å². The quantitative estimate of drug-likeness (QED) is 0.832. The summed E-state index contributed by atoms with van der Waals surface area (Å²) < 4.78 is 32.0. The van der Waals surface area contributed by atoms with Gasteiger partial charge >= 0.3 is 0 Å². The van der Waals surface area contributed by atoms with Gasteiger partial charge in [-0.3, -0.25) is 4.79 Å². The number of benzene rings is 2. The number of morpholine rings is 1. The molecule has 1 aliphatic heterocycles. The number of anilines is 1. The van der Waals surface area contributed by atoms with Crippen LogP contribution < -0.4 is 5.32 Å². The van der Waals surface area contributed by atoms with Crippen molar-refractivity contribution in [3.8, 4) is 0 Å². The molecule has 1 heterocycles. The fourth-order valence-corrected chi connectivity index (χ4v) is 4.33. The van der Waals surface area contributed by atoms with E-state index in [0.717, 1.165) is 0 Å². The van der Waals surface area contributed by atoms with E-state index < -0.39 is 15.9 Å². The van der Waals surface area contributed by atoms with Crippen LogP contribution in [0.4, 0.5) is 5.69 Å². The van der Waals surface area contributed by atoms with Gasteiger partial charge in [-0.1, -0.05) is 35.3 Å². The molecule has 0 spiro atoms. The number of rotatable bonds is 4. The SMILES string of the molecule is O=C(Nc1cccc(Cl)c1Cl)c1cccc(S(=O)(=O)N2CCOCC2)c1. The number of nitrogens with one attached hydrogen (secondary N) is 1. The Morgan fingerprint density at radius 1 is 1.08 bits per heavy atom. The lowest BCUT2D eigenvalue weighted by Crippen LogP contribution is -2.40. The topological polar surface area (TPSA) is 75.7 Å². The van der Waals surface area contributed by atoms with Crippen molar-refractivity contribution in [1.82, 2.24) is 4.31 Å². The van der Waals surface area contributed by atoms with Gasteiger partial charge in [0.15, 0.2) is 0 Å². The summed E-state index contributed by atoms with van der Waals surface area (Å²) in [6.45, 7) is 1.28. The van der Waals surface area contributed by atoms with E-state index in [2.05, 4.69) is 5.32 Å². The summed E-state index contributed by atoms with van der Waals surface area (Å²) in [4.78, 5) is 12.6. The standard InChI is InChI=1S/C17H16Cl2N2O4S/c18-14-5-2-6-15(16(14)19)20-17(22)12-3-1-4-13(11-12)26(23,24)21-7-9-25-10-8-21/h1-6,11H,7-10H2,(H,20,22). The minimum atomic E-state index is -3.68. The molecule has 0 atom stereocenters. The summed E-state index contributed by atoms with van der Waals surface area (Å²) in [5.41, 5.74) is 0.556. The van der Waals surface area contributed by atoms with Crippen molar-refractivity contribution in [2.75, 3.05) is 31.6 Å². The fraction of sp³-hybridized carbons (Fsp3) is 0.235. The van der Waals surface area contributed by atoms with Gasteiger partial charge in [0.25, 0.3) is 5.91 Å². The minimum absolute atomic E-state index is 0.0595. The average Bonchev–Trinajstić information content (AvgIpc) is 2.66. The molecule has 2 aromatic rings. The maximum Gasteiger partial charge on any atom is 0.255 e. The first-order chi connectivity index (χ1) is 12.4. The molecule has 1 amide bonds. The summed E-state index contributed by atoms with van der Waals surface area (Å²) >= 11 is 12.0. The van der Waals surface area contributed by atoms with Crippen molar-refractivity contribution < 1.29 is 17.9 Å². The molecule has 26 heavy (non-hydrogen) atoms. The van der Waals surface area contributed by atoms with Crippen molar-refractivity contribution >= 4 is 44.8 Å². The Labute approximate surface area is 161 Å². The lowest BCUT2D eigenvalue weighted by atomic mass is 10.2. The number of amides is 1. The Morgan fingerprint density at radius 3 is 2.50 bits per heavy atom. The highest BCUT2D eigenvalue weighted by atomic mass is 35.5. The molecule has 9 heteroatoms. The fourth-order valence-electron chi connectivity index (χ4n) is 2.53. The number of nitrogens with zero attached hydrogens (tertiary/aromatic N) is 1. The van der Waals surface area contributed by atoms with Gasteiger partial charge in [0.05, 0.1) is 33.8 Å². The maximum atomic E-state index is 12.7. The largest absolute Gasteiger partial charge is 0.379 e. The highest BCUT2D eigenvalue weighted by Gasteiger charge is 2.27. The van der Waals surface area contributed by atoms with E-state index in [1.807, 2.05) is 0 Å². The third-order valence-corrected chi connectivity index (χ3v) is 6.62. The van der Waals surface area contributed by atoms with E-state index in [1.165, 1.54) is 28.6 Å². The highest BCUT2D eigenvalue weighted by Crippen LogP contribution is 2.30. The Bertz CT molecular complexity index is 928. The van der Waals surface area contributed by atoms with E-state index in [9.17, 15) is 13.2 Å². The van der Waals surface area contributed by atoms with Crippen molar-refractivity contribution in [2.24, 2.45) is 0 Å². The van der Waals surface area contributed by atoms with Crippen LogP contribution in [-0.4, -0.2) is 44.9 Å². The maximum absolute atomic E-state index is 12.7. The Kier molecular flexibility index (Phi) is 5.84. The monoisotopic (exact) mass is 414 g/mol. The Balaban J connectivity index is 1.84. The molecule has 0 bridgehead atoms. The predicted molar refractivity (Wildman–Crippen MR) is 100 cm³/mol. The second-order valence-electron chi connectivity index (χ2n) is 5.60. The third kappa shape index (κ3) is 4.02. The molecule has 138 valence electrons. The Hall–Kier alpha value is -1.64. The van der Waals surface area contributed by atoms with Crippen LogP contribution >= 0.6 is 23.2 Å². The number of sulfonamides is 1.